The number of hydrogen-bond acceptors (Lipinski definition) is 0. The van der Waals surface area contributed by atoms with Crippen LogP contribution in [-0.4, -0.2) is 10.7 Å². The van der Waals surface area contributed by atoms with Gasteiger partial charge in [-0.1, -0.05) is 161 Å². The van der Waals surface area contributed by atoms with Gasteiger partial charge in [0, 0.05) is 0 Å². The van der Waals surface area contributed by atoms with Gasteiger partial charge in [0.2, 0.25) is 0 Å². The van der Waals surface area contributed by atoms with E-state index in [2.05, 4.69) is 115 Å². The number of unbranched alkanes of at least 4 members (excludes halogenated alkanes) is 11. The van der Waals surface area contributed by atoms with Crippen molar-refractivity contribution >= 4 is 11.4 Å². The first-order valence-corrected chi connectivity index (χ1v) is 19.0. The summed E-state index contributed by atoms with van der Waals surface area (Å²) in [4.78, 5) is 3.39. The van der Waals surface area contributed by atoms with Gasteiger partial charge in [-0.25, -0.2) is 0 Å². The molecule has 266 valence electrons. The molecule has 0 heterocycles. The van der Waals surface area contributed by atoms with Crippen LogP contribution in [0.15, 0.2) is 59.7 Å². The SMILES string of the molecule is CCCCCCCCc1cccc(C(=C(CCCC)C(=C=[N+]=[N-])CCCC)c2cccc(CC)c2)c1.[CH2-]CCCC.[CH2-]CCCC.[Ni+2]. The molecule has 47 heavy (non-hydrogen) atoms. The Morgan fingerprint density at radius 1 is 0.617 bits per heavy atom. The van der Waals surface area contributed by atoms with E-state index in [1.54, 1.807) is 0 Å². The van der Waals surface area contributed by atoms with Gasteiger partial charge < -0.3 is 19.4 Å². The molecule has 2 rings (SSSR count). The van der Waals surface area contributed by atoms with Crippen molar-refractivity contribution in [1.29, 1.82) is 0 Å². The minimum atomic E-state index is 0. The van der Waals surface area contributed by atoms with Crippen LogP contribution < -0.4 is 0 Å². The van der Waals surface area contributed by atoms with Gasteiger partial charge in [0.1, 0.15) is 0 Å². The molecule has 0 aromatic heterocycles. The van der Waals surface area contributed by atoms with Gasteiger partial charge >= 0.3 is 22.4 Å². The Hall–Kier alpha value is -2.17. The zero-order chi connectivity index (χ0) is 34.3. The van der Waals surface area contributed by atoms with Crippen LogP contribution in [0.1, 0.15) is 179 Å². The summed E-state index contributed by atoms with van der Waals surface area (Å²) in [6, 6.07) is 18.1. The molecule has 2 aromatic rings. The van der Waals surface area contributed by atoms with Crippen molar-refractivity contribution < 1.29 is 21.3 Å². The molecule has 0 atom stereocenters. The Balaban J connectivity index is 0. The molecule has 0 fully saturated rings. The van der Waals surface area contributed by atoms with Crippen LogP contribution in [0.2, 0.25) is 0 Å². The molecule has 0 N–H and O–H groups in total. The fourth-order valence-corrected chi connectivity index (χ4v) is 5.42. The summed E-state index contributed by atoms with van der Waals surface area (Å²) in [5.74, 6) is 2.99. The monoisotopic (exact) mass is 684 g/mol. The molecular formula is C44H70N2Ni. The maximum Gasteiger partial charge on any atom is 2.00 e. The number of benzene rings is 2. The number of rotatable bonds is 21. The Morgan fingerprint density at radius 2 is 1.11 bits per heavy atom. The summed E-state index contributed by atoms with van der Waals surface area (Å²) >= 11 is 0. The van der Waals surface area contributed by atoms with Crippen LogP contribution in [-0.2, 0) is 29.3 Å². The minimum Gasteiger partial charge on any atom is -0.348 e. The van der Waals surface area contributed by atoms with Gasteiger partial charge in [-0.2, -0.15) is 12.8 Å². The number of allylic oxidation sites excluding steroid dienone is 2. The van der Waals surface area contributed by atoms with Gasteiger partial charge in [-0.15, -0.1) is 4.79 Å². The molecule has 0 aliphatic rings. The average molecular weight is 686 g/mol. The van der Waals surface area contributed by atoms with E-state index in [9.17, 15) is 5.53 Å². The molecule has 0 saturated carbocycles. The molecule has 2 aromatic carbocycles. The van der Waals surface area contributed by atoms with Crippen molar-refractivity contribution in [2.45, 2.75) is 170 Å². The van der Waals surface area contributed by atoms with Gasteiger partial charge in [0.25, 0.3) is 0 Å². The predicted octanol–water partition coefficient (Wildman–Crippen LogP) is 14.2. The predicted molar refractivity (Wildman–Crippen MR) is 206 cm³/mol. The zero-order valence-corrected chi connectivity index (χ0v) is 32.4. The third-order valence-electron chi connectivity index (χ3n) is 8.28. The van der Waals surface area contributed by atoms with Crippen LogP contribution in [0.25, 0.3) is 11.1 Å². The first-order chi connectivity index (χ1) is 22.5. The summed E-state index contributed by atoms with van der Waals surface area (Å²) in [7, 11) is 0. The number of aryl methyl sites for hydroxylation is 2. The van der Waals surface area contributed by atoms with Crippen molar-refractivity contribution in [2.75, 3.05) is 0 Å². The quantitative estimate of drug-likeness (QED) is 0.0239. The topological polar surface area (TPSA) is 36.4 Å². The van der Waals surface area contributed by atoms with E-state index >= 15 is 0 Å². The van der Waals surface area contributed by atoms with Crippen LogP contribution in [0.4, 0.5) is 0 Å². The van der Waals surface area contributed by atoms with E-state index in [-0.39, 0.29) is 16.5 Å². The fourth-order valence-electron chi connectivity index (χ4n) is 5.42. The maximum absolute atomic E-state index is 9.50. The maximum atomic E-state index is 9.50. The molecule has 0 amide bonds. The average Bonchev–Trinajstić information content (AvgIpc) is 3.08. The summed E-state index contributed by atoms with van der Waals surface area (Å²) in [6.45, 7) is 20.6. The molecule has 0 spiro atoms. The van der Waals surface area contributed by atoms with E-state index in [1.807, 2.05) is 0 Å². The summed E-state index contributed by atoms with van der Waals surface area (Å²) in [5, 5.41) is 0. The fraction of sp³-hybridized carbons (Fsp3) is 0.591. The first-order valence-electron chi connectivity index (χ1n) is 19.0. The first kappa shape index (κ1) is 47.0. The molecule has 3 heteroatoms. The Kier molecular flexibility index (Phi) is 33.7. The van der Waals surface area contributed by atoms with E-state index in [0.717, 1.165) is 69.8 Å². The van der Waals surface area contributed by atoms with E-state index < -0.39 is 0 Å². The molecule has 0 aliphatic heterocycles. The van der Waals surface area contributed by atoms with E-state index in [4.69, 9.17) is 0 Å². The zero-order valence-electron chi connectivity index (χ0n) is 31.4. The third kappa shape index (κ3) is 22.2. The molecule has 0 saturated heterocycles. The van der Waals surface area contributed by atoms with Crippen LogP contribution in [0, 0.1) is 13.8 Å². The van der Waals surface area contributed by atoms with Crippen molar-refractivity contribution in [3.8, 4) is 0 Å². The van der Waals surface area contributed by atoms with Gasteiger partial charge in [-0.05, 0) is 78.3 Å². The van der Waals surface area contributed by atoms with Crippen LogP contribution in [0.5, 0.6) is 0 Å². The van der Waals surface area contributed by atoms with Crippen molar-refractivity contribution in [3.63, 3.8) is 0 Å². The van der Waals surface area contributed by atoms with Crippen molar-refractivity contribution in [2.24, 2.45) is 0 Å². The summed E-state index contributed by atoms with van der Waals surface area (Å²) < 4.78 is 0. The largest absolute Gasteiger partial charge is 2.00 e. The molecule has 0 radical (unpaired) electrons. The molecule has 0 unspecified atom stereocenters. The Labute approximate surface area is 302 Å². The second-order valence-electron chi connectivity index (χ2n) is 12.4. The second kappa shape index (κ2) is 33.7. The Bertz CT molecular complexity index is 1130. The Morgan fingerprint density at radius 3 is 1.60 bits per heavy atom. The number of hydrogen-bond donors (Lipinski definition) is 0. The van der Waals surface area contributed by atoms with Gasteiger partial charge in [0.05, 0.1) is 5.57 Å². The second-order valence-corrected chi connectivity index (χ2v) is 12.4. The number of nitrogens with zero attached hydrogens (tertiary/aromatic N) is 2. The third-order valence-corrected chi connectivity index (χ3v) is 8.28. The van der Waals surface area contributed by atoms with Crippen LogP contribution in [0.3, 0.4) is 0 Å². The van der Waals surface area contributed by atoms with Gasteiger partial charge in [-0.3, -0.25) is 0 Å². The molecule has 0 aliphatic carbocycles. The van der Waals surface area contributed by atoms with E-state index in [0.29, 0.717) is 0 Å². The normalized spacial score (nSPS) is 10.6. The summed E-state index contributed by atoms with van der Waals surface area (Å²) in [6.07, 6.45) is 23.6. The van der Waals surface area contributed by atoms with E-state index in [1.165, 1.54) is 97.6 Å². The molecule has 2 nitrogen and oxygen atoms in total. The summed E-state index contributed by atoms with van der Waals surface area (Å²) in [5.41, 5.74) is 18.4. The standard InChI is InChI=1S/C34H48N2.2C5H11.Ni/c1-5-9-12-13-14-15-18-29-20-17-23-31(26-29)34(30-22-16-19-28(8-4)25-30)33(24-11-7-3)32(27-36-35)21-10-6-2;2*1-3-5-4-2;/h16-17,19-20,22-23,25-26H,5-15,18,21,24H2,1-4H3;2*1,3-5H2,2H3;/q;2*-1;+2. The van der Waals surface area contributed by atoms with Crippen molar-refractivity contribution in [1.82, 2.24) is 0 Å². The molecule has 0 bridgehead atoms. The molecular weight excluding hydrogens is 615 g/mol. The van der Waals surface area contributed by atoms with Crippen LogP contribution >= 0.6 is 0 Å². The minimum absolute atomic E-state index is 0. The van der Waals surface area contributed by atoms with Gasteiger partial charge in [0.15, 0.2) is 0 Å². The smallest absolute Gasteiger partial charge is 0.348 e. The van der Waals surface area contributed by atoms with Crippen molar-refractivity contribution in [3.05, 3.63) is 101 Å².